The second-order valence-electron chi connectivity index (χ2n) is 5.42. The summed E-state index contributed by atoms with van der Waals surface area (Å²) >= 11 is 0. The van der Waals surface area contributed by atoms with Crippen molar-refractivity contribution in [3.63, 3.8) is 0 Å². The van der Waals surface area contributed by atoms with Crippen LogP contribution in [0, 0.1) is 6.92 Å². The number of hydrogen-bond acceptors (Lipinski definition) is 4. The number of sulfonamides is 1. The predicted molar refractivity (Wildman–Crippen MR) is 92.0 cm³/mol. The molecule has 2 aromatic carbocycles. The molecule has 8 heteroatoms. The van der Waals surface area contributed by atoms with E-state index >= 15 is 0 Å². The Kier molecular flexibility index (Phi) is 3.76. The molecule has 0 amide bonds. The molecule has 3 aromatic rings. The van der Waals surface area contributed by atoms with Gasteiger partial charge < -0.3 is 9.97 Å². The predicted octanol–water partition coefficient (Wildman–Crippen LogP) is 1.35. The number of nitrogens with zero attached hydrogens (tertiary/aromatic N) is 1. The van der Waals surface area contributed by atoms with Gasteiger partial charge in [0.05, 0.1) is 21.6 Å². The van der Waals surface area contributed by atoms with Crippen LogP contribution in [0.25, 0.3) is 11.0 Å². The minimum Gasteiger partial charge on any atom is -0.316 e. The molecule has 0 unspecified atom stereocenters. The number of aromatic amines is 2. The van der Waals surface area contributed by atoms with Gasteiger partial charge in [-0.3, -0.25) is 13.9 Å². The van der Waals surface area contributed by atoms with E-state index in [1.165, 1.54) is 25.2 Å². The number of hydrogen-bond donors (Lipinski definition) is 2. The lowest BCUT2D eigenvalue weighted by Gasteiger charge is -2.19. The zero-order valence-corrected chi connectivity index (χ0v) is 13.8. The van der Waals surface area contributed by atoms with Crippen LogP contribution in [-0.4, -0.2) is 25.4 Å². The minimum atomic E-state index is -3.80. The highest BCUT2D eigenvalue weighted by atomic mass is 32.2. The monoisotopic (exact) mass is 345 g/mol. The first-order valence-electron chi connectivity index (χ1n) is 7.11. The summed E-state index contributed by atoms with van der Waals surface area (Å²) in [7, 11) is -2.34. The molecule has 1 aromatic heterocycles. The van der Waals surface area contributed by atoms with Gasteiger partial charge in [-0.25, -0.2) is 8.42 Å². The summed E-state index contributed by atoms with van der Waals surface area (Å²) in [5.74, 6) is 0. The van der Waals surface area contributed by atoms with Crippen LogP contribution in [0.5, 0.6) is 0 Å². The van der Waals surface area contributed by atoms with Gasteiger partial charge in [-0.15, -0.1) is 0 Å². The molecular formula is C16H15N3O4S. The number of benzene rings is 2. The molecule has 0 aliphatic heterocycles. The van der Waals surface area contributed by atoms with E-state index in [1.54, 1.807) is 12.1 Å². The number of aryl methyl sites for hydroxylation is 1. The third-order valence-corrected chi connectivity index (χ3v) is 5.53. The molecule has 1 heterocycles. The van der Waals surface area contributed by atoms with Gasteiger partial charge in [0.2, 0.25) is 0 Å². The lowest BCUT2D eigenvalue weighted by molar-refractivity contribution is 0.594. The first-order chi connectivity index (χ1) is 11.3. The summed E-state index contributed by atoms with van der Waals surface area (Å²) in [6.45, 7) is 1.92. The van der Waals surface area contributed by atoms with Crippen LogP contribution in [0.3, 0.4) is 0 Å². The van der Waals surface area contributed by atoms with E-state index in [0.717, 1.165) is 9.87 Å². The van der Waals surface area contributed by atoms with Crippen molar-refractivity contribution in [1.29, 1.82) is 0 Å². The summed E-state index contributed by atoms with van der Waals surface area (Å²) < 4.78 is 26.7. The molecule has 0 bridgehead atoms. The minimum absolute atomic E-state index is 0.0146. The zero-order chi connectivity index (χ0) is 17.5. The van der Waals surface area contributed by atoms with E-state index in [4.69, 9.17) is 0 Å². The molecule has 0 saturated heterocycles. The summed E-state index contributed by atoms with van der Waals surface area (Å²) in [5.41, 5.74) is 0.542. The number of anilines is 1. The van der Waals surface area contributed by atoms with Gasteiger partial charge in [-0.05, 0) is 37.3 Å². The fraction of sp³-hybridized carbons (Fsp3) is 0.125. The zero-order valence-electron chi connectivity index (χ0n) is 13.0. The molecule has 0 aliphatic carbocycles. The fourth-order valence-electron chi connectivity index (χ4n) is 2.31. The largest absolute Gasteiger partial charge is 0.316 e. The Hall–Kier alpha value is -2.87. The van der Waals surface area contributed by atoms with Gasteiger partial charge in [0.25, 0.3) is 10.0 Å². The standard InChI is InChI=1S/C16H15N3O4S/c1-10-3-5-11(6-4-10)19(2)24(22,23)12-7-8-13-14(9-12)18-16(21)15(20)17-13/h3-9H,1-2H3,(H,17,20)(H,18,21). The average Bonchev–Trinajstić information content (AvgIpc) is 2.55. The molecule has 24 heavy (non-hydrogen) atoms. The average molecular weight is 345 g/mol. The topological polar surface area (TPSA) is 103 Å². The third kappa shape index (κ3) is 2.71. The Morgan fingerprint density at radius 3 is 2.08 bits per heavy atom. The van der Waals surface area contributed by atoms with Crippen molar-refractivity contribution in [1.82, 2.24) is 9.97 Å². The Bertz CT molecular complexity index is 1130. The van der Waals surface area contributed by atoms with Gasteiger partial charge in [0.1, 0.15) is 0 Å². The quantitative estimate of drug-likeness (QED) is 0.699. The second kappa shape index (κ2) is 5.64. The first-order valence-corrected chi connectivity index (χ1v) is 8.55. The highest BCUT2D eigenvalue weighted by molar-refractivity contribution is 7.92. The summed E-state index contributed by atoms with van der Waals surface area (Å²) in [4.78, 5) is 27.5. The maximum Gasteiger partial charge on any atom is 0.314 e. The molecule has 2 N–H and O–H groups in total. The van der Waals surface area contributed by atoms with Gasteiger partial charge in [0, 0.05) is 7.05 Å². The summed E-state index contributed by atoms with van der Waals surface area (Å²) in [5, 5.41) is 0. The Morgan fingerprint density at radius 1 is 0.875 bits per heavy atom. The molecule has 0 radical (unpaired) electrons. The van der Waals surface area contributed by atoms with Crippen LogP contribution in [0.2, 0.25) is 0 Å². The fourth-order valence-corrected chi connectivity index (χ4v) is 3.53. The van der Waals surface area contributed by atoms with E-state index in [1.807, 2.05) is 19.1 Å². The number of fused-ring (bicyclic) bond motifs is 1. The van der Waals surface area contributed by atoms with Gasteiger partial charge in [-0.1, -0.05) is 17.7 Å². The smallest absolute Gasteiger partial charge is 0.314 e. The van der Waals surface area contributed by atoms with Crippen LogP contribution >= 0.6 is 0 Å². The van der Waals surface area contributed by atoms with Crippen LogP contribution < -0.4 is 15.4 Å². The number of H-pyrrole nitrogens is 2. The molecule has 0 atom stereocenters. The van der Waals surface area contributed by atoms with E-state index in [9.17, 15) is 18.0 Å². The van der Waals surface area contributed by atoms with Crippen LogP contribution in [0.4, 0.5) is 5.69 Å². The lowest BCUT2D eigenvalue weighted by atomic mass is 10.2. The Morgan fingerprint density at radius 2 is 1.46 bits per heavy atom. The summed E-state index contributed by atoms with van der Waals surface area (Å²) in [6.07, 6.45) is 0. The number of rotatable bonds is 3. The Labute approximate surface area is 137 Å². The van der Waals surface area contributed by atoms with Crippen molar-refractivity contribution in [3.05, 3.63) is 68.7 Å². The summed E-state index contributed by atoms with van der Waals surface area (Å²) in [6, 6.07) is 11.2. The number of aromatic nitrogens is 2. The second-order valence-corrected chi connectivity index (χ2v) is 7.39. The number of nitrogens with one attached hydrogen (secondary N) is 2. The van der Waals surface area contributed by atoms with Gasteiger partial charge in [-0.2, -0.15) is 0 Å². The van der Waals surface area contributed by atoms with Gasteiger partial charge in [0.15, 0.2) is 0 Å². The molecule has 3 rings (SSSR count). The van der Waals surface area contributed by atoms with Crippen molar-refractivity contribution in [2.45, 2.75) is 11.8 Å². The van der Waals surface area contributed by atoms with Crippen LogP contribution in [0.1, 0.15) is 5.56 Å². The van der Waals surface area contributed by atoms with Crippen molar-refractivity contribution in [2.24, 2.45) is 0 Å². The van der Waals surface area contributed by atoms with E-state index in [0.29, 0.717) is 11.2 Å². The highest BCUT2D eigenvalue weighted by Gasteiger charge is 2.21. The van der Waals surface area contributed by atoms with Crippen LogP contribution in [0.15, 0.2) is 56.9 Å². The van der Waals surface area contributed by atoms with Crippen molar-refractivity contribution in [3.8, 4) is 0 Å². The van der Waals surface area contributed by atoms with Crippen molar-refractivity contribution < 1.29 is 8.42 Å². The molecule has 0 spiro atoms. The highest BCUT2D eigenvalue weighted by Crippen LogP contribution is 2.23. The Balaban J connectivity index is 2.10. The molecule has 0 fully saturated rings. The SMILES string of the molecule is Cc1ccc(N(C)S(=O)(=O)c2ccc3[nH]c(=O)c(=O)[nH]c3c2)cc1. The molecule has 7 nitrogen and oxygen atoms in total. The maximum absolute atomic E-state index is 12.8. The molecule has 0 saturated carbocycles. The molecule has 124 valence electrons. The maximum atomic E-state index is 12.8. The first kappa shape index (κ1) is 16.0. The van der Waals surface area contributed by atoms with Crippen molar-refractivity contribution >= 4 is 26.7 Å². The third-order valence-electron chi connectivity index (χ3n) is 3.75. The van der Waals surface area contributed by atoms with E-state index in [2.05, 4.69) is 9.97 Å². The molecular weight excluding hydrogens is 330 g/mol. The van der Waals surface area contributed by atoms with Crippen LogP contribution in [-0.2, 0) is 10.0 Å². The van der Waals surface area contributed by atoms with Gasteiger partial charge >= 0.3 is 11.1 Å². The molecule has 0 aliphatic rings. The van der Waals surface area contributed by atoms with E-state index in [-0.39, 0.29) is 10.4 Å². The lowest BCUT2D eigenvalue weighted by Crippen LogP contribution is -2.29. The van der Waals surface area contributed by atoms with Crippen molar-refractivity contribution in [2.75, 3.05) is 11.4 Å². The van der Waals surface area contributed by atoms with E-state index < -0.39 is 21.1 Å². The normalized spacial score (nSPS) is 11.6.